The molecule has 18 heavy (non-hydrogen) atoms. The molecule has 0 aliphatic carbocycles. The Hall–Kier alpha value is -2.18. The second kappa shape index (κ2) is 6.53. The van der Waals surface area contributed by atoms with Crippen LogP contribution in [0, 0.1) is 5.82 Å². The quantitative estimate of drug-likeness (QED) is 0.314. The first-order valence-corrected chi connectivity index (χ1v) is 5.44. The number of nitrogens with one attached hydrogen (secondary N) is 1. The number of rotatable bonds is 5. The van der Waals surface area contributed by atoms with E-state index in [1.807, 2.05) is 6.92 Å². The number of aromatic nitrogens is 1. The van der Waals surface area contributed by atoms with Crippen LogP contribution in [0.2, 0.25) is 0 Å². The number of hydrogen-bond donors (Lipinski definition) is 3. The Morgan fingerprint density at radius 3 is 2.94 bits per heavy atom. The average molecular weight is 254 g/mol. The minimum absolute atomic E-state index is 0.0273. The summed E-state index contributed by atoms with van der Waals surface area (Å²) in [7, 11) is 0. The number of amidine groups is 1. The van der Waals surface area contributed by atoms with E-state index in [0.717, 1.165) is 12.3 Å². The van der Waals surface area contributed by atoms with Gasteiger partial charge in [0.1, 0.15) is 11.7 Å². The normalized spacial score (nSPS) is 13.1. The van der Waals surface area contributed by atoms with Gasteiger partial charge in [0.2, 0.25) is 0 Å². The number of hydrogen-bond acceptors (Lipinski definition) is 4. The van der Waals surface area contributed by atoms with Crippen molar-refractivity contribution in [1.82, 2.24) is 10.3 Å². The van der Waals surface area contributed by atoms with Crippen LogP contribution < -0.4 is 11.1 Å². The van der Waals surface area contributed by atoms with Crippen LogP contribution in [0.15, 0.2) is 23.6 Å². The zero-order valence-electron chi connectivity index (χ0n) is 9.93. The van der Waals surface area contributed by atoms with Gasteiger partial charge >= 0.3 is 0 Å². The Kier molecular flexibility index (Phi) is 5.04. The number of nitrogens with two attached hydrogens (primary N) is 1. The number of carbonyl (C=O) groups excluding carboxylic acids is 1. The molecule has 4 N–H and O–H groups in total. The van der Waals surface area contributed by atoms with Crippen LogP contribution >= 0.6 is 0 Å². The Morgan fingerprint density at radius 2 is 2.39 bits per heavy atom. The zero-order chi connectivity index (χ0) is 13.5. The molecule has 0 spiro atoms. The van der Waals surface area contributed by atoms with Crippen LogP contribution in [0.1, 0.15) is 30.1 Å². The number of carbonyl (C=O) groups is 1. The molecule has 0 aliphatic heterocycles. The third kappa shape index (κ3) is 4.00. The third-order valence-corrected chi connectivity index (χ3v) is 2.38. The average Bonchev–Trinajstić information content (AvgIpc) is 2.37. The number of nitrogens with zero attached hydrogens (tertiary/aromatic N) is 2. The highest BCUT2D eigenvalue weighted by molar-refractivity contribution is 5.94. The van der Waals surface area contributed by atoms with E-state index in [9.17, 15) is 9.18 Å². The van der Waals surface area contributed by atoms with E-state index < -0.39 is 11.7 Å². The van der Waals surface area contributed by atoms with Gasteiger partial charge < -0.3 is 16.3 Å². The van der Waals surface area contributed by atoms with Crippen molar-refractivity contribution < 1.29 is 14.4 Å². The smallest absolute Gasteiger partial charge is 0.253 e. The summed E-state index contributed by atoms with van der Waals surface area (Å²) in [6, 6.07) is 0.815. The highest BCUT2D eigenvalue weighted by Crippen LogP contribution is 2.04. The first-order chi connectivity index (χ1) is 8.56. The zero-order valence-corrected chi connectivity index (χ0v) is 9.93. The molecule has 0 aromatic carbocycles. The predicted molar refractivity (Wildman–Crippen MR) is 63.8 cm³/mol. The van der Waals surface area contributed by atoms with E-state index in [1.165, 1.54) is 6.20 Å². The van der Waals surface area contributed by atoms with E-state index in [0.29, 0.717) is 6.42 Å². The van der Waals surface area contributed by atoms with Crippen molar-refractivity contribution in [3.8, 4) is 0 Å². The molecule has 0 fully saturated rings. The van der Waals surface area contributed by atoms with E-state index in [4.69, 9.17) is 10.9 Å². The second-order valence-corrected chi connectivity index (χ2v) is 3.77. The SMILES string of the molecule is CCC(C/C(N)=N/O)NC(=O)c1cncc(F)c1. The second-order valence-electron chi connectivity index (χ2n) is 3.77. The molecule has 6 nitrogen and oxygen atoms in total. The molecule has 0 saturated heterocycles. The van der Waals surface area contributed by atoms with E-state index >= 15 is 0 Å². The fourth-order valence-electron chi connectivity index (χ4n) is 1.40. The Morgan fingerprint density at radius 1 is 1.67 bits per heavy atom. The fraction of sp³-hybridized carbons (Fsp3) is 0.364. The largest absolute Gasteiger partial charge is 0.409 e. The summed E-state index contributed by atoms with van der Waals surface area (Å²) in [5.74, 6) is -0.994. The lowest BCUT2D eigenvalue weighted by atomic mass is 10.1. The Balaban J connectivity index is 2.68. The third-order valence-electron chi connectivity index (χ3n) is 2.38. The van der Waals surface area contributed by atoms with Gasteiger partial charge in [-0.1, -0.05) is 12.1 Å². The van der Waals surface area contributed by atoms with Gasteiger partial charge in [0.15, 0.2) is 0 Å². The van der Waals surface area contributed by atoms with Gasteiger partial charge in [-0.3, -0.25) is 9.78 Å². The van der Waals surface area contributed by atoms with Gasteiger partial charge in [-0.25, -0.2) is 4.39 Å². The fourth-order valence-corrected chi connectivity index (χ4v) is 1.40. The van der Waals surface area contributed by atoms with E-state index in [2.05, 4.69) is 15.5 Å². The standard InChI is InChI=1S/C11H15FN4O2/c1-2-9(4-10(13)16-18)15-11(17)7-3-8(12)6-14-5-7/h3,5-6,9,18H,2,4H2,1H3,(H2,13,16)(H,15,17). The molecule has 0 aliphatic rings. The Labute approximate surface area is 104 Å². The van der Waals surface area contributed by atoms with Crippen LogP contribution in [-0.4, -0.2) is 28.0 Å². The molecular weight excluding hydrogens is 239 g/mol. The molecule has 1 unspecified atom stereocenters. The molecule has 1 aromatic rings. The highest BCUT2D eigenvalue weighted by atomic mass is 19.1. The molecule has 7 heteroatoms. The lowest BCUT2D eigenvalue weighted by Crippen LogP contribution is -2.37. The maximum absolute atomic E-state index is 12.9. The molecule has 1 amide bonds. The number of pyridine rings is 1. The maximum atomic E-state index is 12.9. The highest BCUT2D eigenvalue weighted by Gasteiger charge is 2.14. The van der Waals surface area contributed by atoms with Crippen molar-refractivity contribution in [3.63, 3.8) is 0 Å². The molecule has 0 radical (unpaired) electrons. The Bertz CT molecular complexity index is 450. The van der Waals surface area contributed by atoms with Crippen molar-refractivity contribution in [2.45, 2.75) is 25.8 Å². The lowest BCUT2D eigenvalue weighted by Gasteiger charge is -2.15. The number of amides is 1. The van der Waals surface area contributed by atoms with Crippen molar-refractivity contribution in [2.24, 2.45) is 10.9 Å². The van der Waals surface area contributed by atoms with Crippen LogP contribution in [0.25, 0.3) is 0 Å². The monoisotopic (exact) mass is 254 g/mol. The maximum Gasteiger partial charge on any atom is 0.253 e. The molecule has 0 bridgehead atoms. The molecule has 0 saturated carbocycles. The molecule has 98 valence electrons. The lowest BCUT2D eigenvalue weighted by molar-refractivity contribution is 0.0936. The van der Waals surface area contributed by atoms with Crippen LogP contribution in [-0.2, 0) is 0 Å². The molecule has 1 heterocycles. The van der Waals surface area contributed by atoms with Crippen molar-refractivity contribution in [1.29, 1.82) is 0 Å². The summed E-state index contributed by atoms with van der Waals surface area (Å²) >= 11 is 0. The van der Waals surface area contributed by atoms with Crippen molar-refractivity contribution in [3.05, 3.63) is 29.8 Å². The van der Waals surface area contributed by atoms with Gasteiger partial charge in [-0.2, -0.15) is 0 Å². The minimum Gasteiger partial charge on any atom is -0.409 e. The van der Waals surface area contributed by atoms with Gasteiger partial charge in [-0.05, 0) is 12.5 Å². The van der Waals surface area contributed by atoms with E-state index in [-0.39, 0.29) is 23.9 Å². The molecular formula is C11H15FN4O2. The number of oxime groups is 1. The first-order valence-electron chi connectivity index (χ1n) is 5.44. The van der Waals surface area contributed by atoms with Crippen LogP contribution in [0.4, 0.5) is 4.39 Å². The molecule has 1 rings (SSSR count). The molecule has 1 aromatic heterocycles. The predicted octanol–water partition coefficient (Wildman–Crippen LogP) is 0.866. The van der Waals surface area contributed by atoms with Gasteiger partial charge in [-0.15, -0.1) is 0 Å². The van der Waals surface area contributed by atoms with Gasteiger partial charge in [0, 0.05) is 18.7 Å². The van der Waals surface area contributed by atoms with Gasteiger partial charge in [0.25, 0.3) is 5.91 Å². The molecule has 1 atom stereocenters. The summed E-state index contributed by atoms with van der Waals surface area (Å²) in [6.45, 7) is 1.85. The first kappa shape index (κ1) is 13.9. The summed E-state index contributed by atoms with van der Waals surface area (Å²) in [5, 5.41) is 14.0. The van der Waals surface area contributed by atoms with Crippen molar-refractivity contribution in [2.75, 3.05) is 0 Å². The minimum atomic E-state index is -0.577. The summed E-state index contributed by atoms with van der Waals surface area (Å²) < 4.78 is 12.9. The topological polar surface area (TPSA) is 101 Å². The van der Waals surface area contributed by atoms with Crippen LogP contribution in [0.5, 0.6) is 0 Å². The number of halogens is 1. The van der Waals surface area contributed by atoms with Crippen molar-refractivity contribution >= 4 is 11.7 Å². The summed E-state index contributed by atoms with van der Waals surface area (Å²) in [5.41, 5.74) is 5.50. The van der Waals surface area contributed by atoms with E-state index in [1.54, 1.807) is 0 Å². The summed E-state index contributed by atoms with van der Waals surface area (Å²) in [6.07, 6.45) is 3.12. The van der Waals surface area contributed by atoms with Crippen LogP contribution in [0.3, 0.4) is 0 Å². The van der Waals surface area contributed by atoms with Gasteiger partial charge in [0.05, 0.1) is 11.8 Å². The summed E-state index contributed by atoms with van der Waals surface area (Å²) in [4.78, 5) is 15.4.